The largest absolute Gasteiger partial charge is 0.354 e. The van der Waals surface area contributed by atoms with Crippen LogP contribution >= 0.6 is 0 Å². The topological polar surface area (TPSA) is 47.8 Å². The van der Waals surface area contributed by atoms with E-state index in [1.165, 1.54) is 12.8 Å². The minimum atomic E-state index is -0.254. The van der Waals surface area contributed by atoms with Gasteiger partial charge in [0.05, 0.1) is 11.4 Å². The van der Waals surface area contributed by atoms with Gasteiger partial charge in [-0.1, -0.05) is 25.1 Å². The van der Waals surface area contributed by atoms with Gasteiger partial charge in [0.1, 0.15) is 0 Å². The monoisotopic (exact) mass is 291 g/mol. The van der Waals surface area contributed by atoms with Gasteiger partial charge in [-0.15, -0.1) is 0 Å². The van der Waals surface area contributed by atoms with Crippen LogP contribution in [-0.2, 0) is 6.42 Å². The van der Waals surface area contributed by atoms with Crippen molar-refractivity contribution in [3.05, 3.63) is 64.3 Å². The number of para-hydroxylation sites is 1. The number of nitrogens with zero attached hydrogens (tertiary/aromatic N) is 3. The molecule has 0 unspecified atom stereocenters. The number of aryl methyl sites for hydroxylation is 1. The van der Waals surface area contributed by atoms with Crippen LogP contribution < -0.4 is 5.69 Å². The van der Waals surface area contributed by atoms with E-state index in [1.807, 2.05) is 37.3 Å². The van der Waals surface area contributed by atoms with E-state index in [9.17, 15) is 4.79 Å². The highest BCUT2D eigenvalue weighted by molar-refractivity contribution is 5.79. The summed E-state index contributed by atoms with van der Waals surface area (Å²) < 4.78 is 1.63. The summed E-state index contributed by atoms with van der Waals surface area (Å²) in [5.74, 6) is 0.557. The van der Waals surface area contributed by atoms with Crippen molar-refractivity contribution >= 4 is 11.0 Å². The molecule has 1 aliphatic carbocycles. The summed E-state index contributed by atoms with van der Waals surface area (Å²) >= 11 is 0. The first kappa shape index (κ1) is 13.2. The van der Waals surface area contributed by atoms with Gasteiger partial charge in [-0.05, 0) is 43.5 Å². The van der Waals surface area contributed by atoms with Gasteiger partial charge < -0.3 is 0 Å². The molecule has 0 spiro atoms. The van der Waals surface area contributed by atoms with Crippen LogP contribution in [0.25, 0.3) is 16.7 Å². The van der Waals surface area contributed by atoms with Crippen LogP contribution in [0.2, 0.25) is 0 Å². The molecule has 0 amide bonds. The van der Waals surface area contributed by atoms with E-state index < -0.39 is 0 Å². The van der Waals surface area contributed by atoms with Gasteiger partial charge in [-0.2, -0.15) is 4.98 Å². The molecule has 22 heavy (non-hydrogen) atoms. The molecule has 0 radical (unpaired) electrons. The highest BCUT2D eigenvalue weighted by Crippen LogP contribution is 2.39. The van der Waals surface area contributed by atoms with Gasteiger partial charge in [0.2, 0.25) is 0 Å². The molecule has 0 N–H and O–H groups in total. The second kappa shape index (κ2) is 5.05. The Morgan fingerprint density at radius 3 is 2.55 bits per heavy atom. The minimum absolute atomic E-state index is 0.254. The second-order valence-electron chi connectivity index (χ2n) is 5.75. The third kappa shape index (κ3) is 2.11. The molecule has 0 atom stereocenters. The lowest BCUT2D eigenvalue weighted by atomic mass is 10.1. The first-order valence-electron chi connectivity index (χ1n) is 7.76. The highest BCUT2D eigenvalue weighted by atomic mass is 16.1. The molecule has 4 rings (SSSR count). The van der Waals surface area contributed by atoms with Crippen LogP contribution in [0.3, 0.4) is 0 Å². The van der Waals surface area contributed by atoms with Crippen molar-refractivity contribution in [3.63, 3.8) is 0 Å². The average molecular weight is 291 g/mol. The lowest BCUT2D eigenvalue weighted by Crippen LogP contribution is -2.24. The lowest BCUT2D eigenvalue weighted by molar-refractivity contribution is 0.887. The SMILES string of the molecule is CCc1nc(=O)n(-c2ccccc2)c2nc(C3CC3)ccc12. The van der Waals surface area contributed by atoms with Gasteiger partial charge in [0.15, 0.2) is 5.65 Å². The number of rotatable bonds is 3. The molecule has 1 aliphatic rings. The van der Waals surface area contributed by atoms with Crippen molar-refractivity contribution < 1.29 is 0 Å². The van der Waals surface area contributed by atoms with E-state index in [-0.39, 0.29) is 5.69 Å². The summed E-state index contributed by atoms with van der Waals surface area (Å²) in [5.41, 5.74) is 3.20. The van der Waals surface area contributed by atoms with Crippen LogP contribution in [0.4, 0.5) is 0 Å². The highest BCUT2D eigenvalue weighted by Gasteiger charge is 2.26. The third-order valence-electron chi connectivity index (χ3n) is 4.19. The Morgan fingerprint density at radius 2 is 1.86 bits per heavy atom. The average Bonchev–Trinajstić information content (AvgIpc) is 3.39. The quantitative estimate of drug-likeness (QED) is 0.744. The number of pyridine rings is 1. The van der Waals surface area contributed by atoms with Gasteiger partial charge in [0, 0.05) is 17.0 Å². The summed E-state index contributed by atoms with van der Waals surface area (Å²) in [4.78, 5) is 21.6. The van der Waals surface area contributed by atoms with E-state index in [1.54, 1.807) is 4.57 Å². The zero-order chi connectivity index (χ0) is 15.1. The Balaban J connectivity index is 2.07. The number of benzene rings is 1. The Kier molecular flexibility index (Phi) is 3.03. The van der Waals surface area contributed by atoms with Crippen molar-refractivity contribution in [3.8, 4) is 5.69 Å². The van der Waals surface area contributed by atoms with Crippen LogP contribution in [0.5, 0.6) is 0 Å². The molecule has 2 heterocycles. The van der Waals surface area contributed by atoms with Crippen molar-refractivity contribution in [1.29, 1.82) is 0 Å². The smallest absolute Gasteiger partial charge is 0.245 e. The predicted octanol–water partition coefficient (Wildman–Crippen LogP) is 3.22. The van der Waals surface area contributed by atoms with Crippen molar-refractivity contribution in [2.75, 3.05) is 0 Å². The van der Waals surface area contributed by atoms with Crippen molar-refractivity contribution in [1.82, 2.24) is 14.5 Å². The first-order chi connectivity index (χ1) is 10.8. The van der Waals surface area contributed by atoms with Crippen LogP contribution in [0.15, 0.2) is 47.3 Å². The van der Waals surface area contributed by atoms with Gasteiger partial charge in [-0.25, -0.2) is 14.3 Å². The Hall–Kier alpha value is -2.49. The number of hydrogen-bond acceptors (Lipinski definition) is 3. The molecule has 1 fully saturated rings. The van der Waals surface area contributed by atoms with Crippen molar-refractivity contribution in [2.24, 2.45) is 0 Å². The molecular formula is C18H17N3O. The molecule has 2 aromatic heterocycles. The summed E-state index contributed by atoms with van der Waals surface area (Å²) in [7, 11) is 0. The second-order valence-corrected chi connectivity index (χ2v) is 5.75. The third-order valence-corrected chi connectivity index (χ3v) is 4.19. The first-order valence-corrected chi connectivity index (χ1v) is 7.76. The maximum absolute atomic E-state index is 12.5. The van der Waals surface area contributed by atoms with E-state index in [4.69, 9.17) is 4.98 Å². The predicted molar refractivity (Wildman–Crippen MR) is 86.5 cm³/mol. The fourth-order valence-corrected chi connectivity index (χ4v) is 2.86. The van der Waals surface area contributed by atoms with Gasteiger partial charge >= 0.3 is 5.69 Å². The normalized spacial score (nSPS) is 14.4. The molecule has 4 heteroatoms. The fraction of sp³-hybridized carbons (Fsp3) is 0.278. The minimum Gasteiger partial charge on any atom is -0.245 e. The van der Waals surface area contributed by atoms with Gasteiger partial charge in [0.25, 0.3) is 0 Å². The summed E-state index contributed by atoms with van der Waals surface area (Å²) in [6.07, 6.45) is 3.12. The molecule has 0 aliphatic heterocycles. The number of aromatic nitrogens is 3. The fourth-order valence-electron chi connectivity index (χ4n) is 2.86. The van der Waals surface area contributed by atoms with Crippen LogP contribution in [-0.4, -0.2) is 14.5 Å². The molecule has 1 aromatic carbocycles. The maximum atomic E-state index is 12.5. The maximum Gasteiger partial charge on any atom is 0.354 e. The van der Waals surface area contributed by atoms with E-state index in [0.717, 1.165) is 34.5 Å². The summed E-state index contributed by atoms with van der Waals surface area (Å²) in [5, 5.41) is 0.968. The molecule has 0 bridgehead atoms. The van der Waals surface area contributed by atoms with Crippen molar-refractivity contribution in [2.45, 2.75) is 32.1 Å². The molecule has 0 saturated heterocycles. The van der Waals surface area contributed by atoms with Gasteiger partial charge in [-0.3, -0.25) is 0 Å². The Labute approximate surface area is 128 Å². The Bertz CT molecular complexity index is 895. The Morgan fingerprint density at radius 1 is 1.09 bits per heavy atom. The lowest BCUT2D eigenvalue weighted by Gasteiger charge is -2.12. The van der Waals surface area contributed by atoms with Crippen LogP contribution in [0, 0.1) is 0 Å². The zero-order valence-electron chi connectivity index (χ0n) is 12.5. The molecule has 110 valence electrons. The summed E-state index contributed by atoms with van der Waals surface area (Å²) in [6, 6.07) is 13.8. The molecule has 4 nitrogen and oxygen atoms in total. The number of fused-ring (bicyclic) bond motifs is 1. The van der Waals surface area contributed by atoms with E-state index in [0.29, 0.717) is 5.92 Å². The summed E-state index contributed by atoms with van der Waals surface area (Å²) in [6.45, 7) is 2.02. The number of hydrogen-bond donors (Lipinski definition) is 0. The zero-order valence-corrected chi connectivity index (χ0v) is 12.5. The van der Waals surface area contributed by atoms with Crippen LogP contribution in [0.1, 0.15) is 37.1 Å². The van der Waals surface area contributed by atoms with E-state index >= 15 is 0 Å². The molecule has 3 aromatic rings. The van der Waals surface area contributed by atoms with E-state index in [2.05, 4.69) is 17.1 Å². The molecule has 1 saturated carbocycles. The molecular weight excluding hydrogens is 274 g/mol. The standard InChI is InChI=1S/C18H17N3O/c1-2-15-14-10-11-16(12-8-9-12)19-17(14)21(18(22)20-15)13-6-4-3-5-7-13/h3-7,10-12H,2,8-9H2,1H3.